The van der Waals surface area contributed by atoms with Crippen LogP contribution < -0.4 is 9.62 Å². The van der Waals surface area contributed by atoms with Gasteiger partial charge in [0, 0.05) is 27.7 Å². The van der Waals surface area contributed by atoms with Crippen LogP contribution >= 0.6 is 34.8 Å². The number of hydrogen-bond acceptors (Lipinski definition) is 4. The van der Waals surface area contributed by atoms with Crippen molar-refractivity contribution < 1.29 is 18.0 Å². The molecule has 0 spiro atoms. The smallest absolute Gasteiger partial charge is 0.244 e. The maximum Gasteiger partial charge on any atom is 0.244 e. The van der Waals surface area contributed by atoms with E-state index in [4.69, 9.17) is 34.8 Å². The molecule has 2 atom stereocenters. The zero-order chi connectivity index (χ0) is 26.5. The van der Waals surface area contributed by atoms with E-state index in [-0.39, 0.29) is 18.5 Å². The van der Waals surface area contributed by atoms with Crippen LogP contribution in [0.15, 0.2) is 36.4 Å². The van der Waals surface area contributed by atoms with Gasteiger partial charge in [-0.3, -0.25) is 13.9 Å². The Hall–Kier alpha value is -2.00. The van der Waals surface area contributed by atoms with E-state index in [0.29, 0.717) is 38.3 Å². The molecule has 0 bridgehead atoms. The molecular weight excluding hydrogens is 533 g/mol. The van der Waals surface area contributed by atoms with E-state index in [1.165, 1.54) is 4.90 Å². The summed E-state index contributed by atoms with van der Waals surface area (Å²) in [6.07, 6.45) is 1.74. The minimum absolute atomic E-state index is 0.0128. The quantitative estimate of drug-likeness (QED) is 0.439. The molecule has 11 heteroatoms. The molecular formula is C24H30Cl3N3O4S. The summed E-state index contributed by atoms with van der Waals surface area (Å²) in [6, 6.07) is 8.58. The predicted molar refractivity (Wildman–Crippen MR) is 143 cm³/mol. The van der Waals surface area contributed by atoms with Gasteiger partial charge in [-0.1, -0.05) is 47.8 Å². The lowest BCUT2D eigenvalue weighted by Gasteiger charge is -2.32. The number of benzene rings is 2. The van der Waals surface area contributed by atoms with Gasteiger partial charge in [-0.2, -0.15) is 0 Å². The van der Waals surface area contributed by atoms with Crippen molar-refractivity contribution in [3.05, 3.63) is 62.6 Å². The van der Waals surface area contributed by atoms with Crippen LogP contribution in [0.5, 0.6) is 0 Å². The Morgan fingerprint density at radius 3 is 2.17 bits per heavy atom. The summed E-state index contributed by atoms with van der Waals surface area (Å²) in [5.74, 6) is -0.922. The van der Waals surface area contributed by atoms with Crippen molar-refractivity contribution in [1.82, 2.24) is 10.2 Å². The maximum absolute atomic E-state index is 13.6. The highest BCUT2D eigenvalue weighted by Gasteiger charge is 2.31. The summed E-state index contributed by atoms with van der Waals surface area (Å²) in [5, 5.41) is 4.08. The van der Waals surface area contributed by atoms with Gasteiger partial charge in [0.25, 0.3) is 0 Å². The lowest BCUT2D eigenvalue weighted by molar-refractivity contribution is -0.139. The van der Waals surface area contributed by atoms with Crippen LogP contribution in [-0.2, 0) is 26.2 Å². The summed E-state index contributed by atoms with van der Waals surface area (Å²) in [4.78, 5) is 27.8. The second-order valence-corrected chi connectivity index (χ2v) is 11.6. The third kappa shape index (κ3) is 8.00. The molecule has 0 aliphatic heterocycles. The van der Waals surface area contributed by atoms with Gasteiger partial charge < -0.3 is 10.2 Å². The number of anilines is 1. The lowest BCUT2D eigenvalue weighted by Crippen LogP contribution is -2.52. The number of nitrogens with one attached hydrogen (secondary N) is 1. The van der Waals surface area contributed by atoms with E-state index in [2.05, 4.69) is 5.32 Å². The highest BCUT2D eigenvalue weighted by atomic mass is 35.5. The third-order valence-corrected chi connectivity index (χ3v) is 7.58. The number of aryl methyl sites for hydroxylation is 1. The van der Waals surface area contributed by atoms with Crippen LogP contribution in [0.4, 0.5) is 5.69 Å². The van der Waals surface area contributed by atoms with Crippen LogP contribution in [0.1, 0.15) is 38.3 Å². The largest absolute Gasteiger partial charge is 0.352 e. The highest BCUT2D eigenvalue weighted by Crippen LogP contribution is 2.27. The monoisotopic (exact) mass is 561 g/mol. The van der Waals surface area contributed by atoms with Gasteiger partial charge in [-0.05, 0) is 68.7 Å². The zero-order valence-corrected chi connectivity index (χ0v) is 23.4. The zero-order valence-electron chi connectivity index (χ0n) is 20.3. The SMILES string of the molecule is CC[C@H](C)NC(=O)[C@@H](C)N(Cc1ccc(Cl)cc1Cl)C(=O)CN(c1ccc(Cl)cc1C)S(C)(=O)=O. The Morgan fingerprint density at radius 2 is 1.63 bits per heavy atom. The van der Waals surface area contributed by atoms with E-state index in [1.807, 2.05) is 13.8 Å². The van der Waals surface area contributed by atoms with E-state index in [9.17, 15) is 18.0 Å². The molecule has 0 saturated carbocycles. The Balaban J connectivity index is 2.45. The first kappa shape index (κ1) is 29.2. The number of rotatable bonds is 10. The highest BCUT2D eigenvalue weighted by molar-refractivity contribution is 7.92. The summed E-state index contributed by atoms with van der Waals surface area (Å²) >= 11 is 18.4. The number of nitrogens with zero attached hydrogens (tertiary/aromatic N) is 2. The number of carbonyl (C=O) groups excluding carboxylic acids is 2. The standard InChI is InChI=1S/C24H30Cl3N3O4S/c1-6-16(3)28-24(32)17(4)29(13-18-7-8-20(26)12-21(18)27)23(31)14-30(35(5,33)34)22-10-9-19(25)11-15(22)2/h7-12,16-17H,6,13-14H2,1-5H3,(H,28,32)/t16-,17+/m0/s1. The van der Waals surface area contributed by atoms with Crippen LogP contribution in [0, 0.1) is 6.92 Å². The molecule has 0 aliphatic rings. The maximum atomic E-state index is 13.6. The van der Waals surface area contributed by atoms with E-state index >= 15 is 0 Å². The van der Waals surface area contributed by atoms with Crippen LogP contribution in [0.2, 0.25) is 15.1 Å². The fraction of sp³-hybridized carbons (Fsp3) is 0.417. The Kier molecular flexibility index (Phi) is 10.3. The molecule has 0 unspecified atom stereocenters. The summed E-state index contributed by atoms with van der Waals surface area (Å²) < 4.78 is 26.4. The van der Waals surface area contributed by atoms with Crippen molar-refractivity contribution in [2.45, 2.75) is 52.7 Å². The van der Waals surface area contributed by atoms with Crippen molar-refractivity contribution in [2.75, 3.05) is 17.1 Å². The second-order valence-electron chi connectivity index (χ2n) is 8.45. The van der Waals surface area contributed by atoms with Gasteiger partial charge in [0.2, 0.25) is 21.8 Å². The van der Waals surface area contributed by atoms with E-state index in [1.54, 1.807) is 50.2 Å². The van der Waals surface area contributed by atoms with E-state index < -0.39 is 28.5 Å². The van der Waals surface area contributed by atoms with Crippen molar-refractivity contribution in [1.29, 1.82) is 0 Å². The average Bonchev–Trinajstić information content (AvgIpc) is 2.76. The van der Waals surface area contributed by atoms with Crippen LogP contribution in [0.3, 0.4) is 0 Å². The fourth-order valence-electron chi connectivity index (χ4n) is 3.38. The summed E-state index contributed by atoms with van der Waals surface area (Å²) in [6.45, 7) is 6.58. The van der Waals surface area contributed by atoms with Gasteiger partial charge in [0.05, 0.1) is 11.9 Å². The van der Waals surface area contributed by atoms with Crippen molar-refractivity contribution >= 4 is 62.3 Å². The van der Waals surface area contributed by atoms with E-state index in [0.717, 1.165) is 10.6 Å². The first-order chi connectivity index (χ1) is 16.2. The topological polar surface area (TPSA) is 86.8 Å². The number of sulfonamides is 1. The molecule has 0 fully saturated rings. The minimum Gasteiger partial charge on any atom is -0.352 e. The molecule has 0 saturated heterocycles. The molecule has 2 amide bonds. The second kappa shape index (κ2) is 12.3. The number of amides is 2. The average molecular weight is 563 g/mol. The number of hydrogen-bond donors (Lipinski definition) is 1. The molecule has 0 heterocycles. The minimum atomic E-state index is -3.84. The fourth-order valence-corrected chi connectivity index (χ4v) is 4.98. The molecule has 2 aromatic carbocycles. The molecule has 1 N–H and O–H groups in total. The van der Waals surface area contributed by atoms with Crippen molar-refractivity contribution in [3.63, 3.8) is 0 Å². The molecule has 0 aliphatic carbocycles. The van der Waals surface area contributed by atoms with Gasteiger partial charge in [-0.15, -0.1) is 0 Å². The van der Waals surface area contributed by atoms with Gasteiger partial charge >= 0.3 is 0 Å². The molecule has 0 radical (unpaired) electrons. The summed E-state index contributed by atoms with van der Waals surface area (Å²) in [7, 11) is -3.84. The van der Waals surface area contributed by atoms with Crippen LogP contribution in [0.25, 0.3) is 0 Å². The third-order valence-electron chi connectivity index (χ3n) is 5.63. The summed E-state index contributed by atoms with van der Waals surface area (Å²) in [5.41, 5.74) is 1.48. The molecule has 2 aromatic rings. The number of halogens is 3. The molecule has 2 rings (SSSR count). The Bertz CT molecular complexity index is 1190. The van der Waals surface area contributed by atoms with Crippen LogP contribution in [-0.4, -0.2) is 50.0 Å². The number of carbonyl (C=O) groups is 2. The molecule has 192 valence electrons. The van der Waals surface area contributed by atoms with Crippen molar-refractivity contribution in [3.8, 4) is 0 Å². The van der Waals surface area contributed by atoms with Gasteiger partial charge in [0.15, 0.2) is 0 Å². The molecule has 35 heavy (non-hydrogen) atoms. The molecule has 7 nitrogen and oxygen atoms in total. The molecule has 0 aromatic heterocycles. The Labute approximate surface area is 222 Å². The predicted octanol–water partition coefficient (Wildman–Crippen LogP) is 5.05. The van der Waals surface area contributed by atoms with Crippen molar-refractivity contribution in [2.24, 2.45) is 0 Å². The van der Waals surface area contributed by atoms with Gasteiger partial charge in [0.1, 0.15) is 12.6 Å². The lowest BCUT2D eigenvalue weighted by atomic mass is 10.1. The first-order valence-electron chi connectivity index (χ1n) is 11.0. The Morgan fingerprint density at radius 1 is 1.03 bits per heavy atom. The van der Waals surface area contributed by atoms with Gasteiger partial charge in [-0.25, -0.2) is 8.42 Å². The first-order valence-corrected chi connectivity index (χ1v) is 14.0. The normalized spacial score (nSPS) is 13.1.